The van der Waals surface area contributed by atoms with E-state index in [4.69, 9.17) is 5.11 Å². The number of carboxylic acid groups (broad SMARTS) is 1. The van der Waals surface area contributed by atoms with Gasteiger partial charge in [-0.05, 0) is 39.5 Å². The Morgan fingerprint density at radius 2 is 2.00 bits per heavy atom. The second kappa shape index (κ2) is 7.65. The number of rotatable bonds is 8. The predicted octanol–water partition coefficient (Wildman–Crippen LogP) is 0.885. The number of nitrogens with one attached hydrogen (secondary N) is 1. The van der Waals surface area contributed by atoms with E-state index >= 15 is 0 Å². The summed E-state index contributed by atoms with van der Waals surface area (Å²) in [6.45, 7) is 6.38. The quantitative estimate of drug-likeness (QED) is 0.592. The van der Waals surface area contributed by atoms with E-state index in [-0.39, 0.29) is 11.8 Å². The van der Waals surface area contributed by atoms with Crippen LogP contribution in [-0.4, -0.2) is 49.7 Å². The van der Waals surface area contributed by atoms with Crippen LogP contribution in [0.4, 0.5) is 0 Å². The lowest BCUT2D eigenvalue weighted by molar-refractivity contribution is -0.143. The van der Waals surface area contributed by atoms with Gasteiger partial charge >= 0.3 is 5.97 Å². The van der Waals surface area contributed by atoms with Crippen molar-refractivity contribution in [3.8, 4) is 0 Å². The Morgan fingerprint density at radius 3 is 2.40 bits per heavy atom. The van der Waals surface area contributed by atoms with E-state index < -0.39 is 5.97 Å². The molecule has 0 saturated carbocycles. The molecule has 0 aliphatic rings. The van der Waals surface area contributed by atoms with Crippen LogP contribution >= 0.6 is 0 Å². The highest BCUT2D eigenvalue weighted by Crippen LogP contribution is 2.09. The standard InChI is InChI=1S/C11H24N2O2/c1-9(2)10(11(14)15)8-12-6-5-7-13(3)4/h9-10,12H,5-8H2,1-4H3,(H,14,15). The van der Waals surface area contributed by atoms with Crippen LogP contribution in [0.1, 0.15) is 20.3 Å². The molecule has 0 aliphatic heterocycles. The zero-order chi connectivity index (χ0) is 11.8. The Hall–Kier alpha value is -0.610. The van der Waals surface area contributed by atoms with Gasteiger partial charge < -0.3 is 15.3 Å². The van der Waals surface area contributed by atoms with Crippen molar-refractivity contribution in [2.24, 2.45) is 11.8 Å². The van der Waals surface area contributed by atoms with Crippen molar-refractivity contribution in [3.05, 3.63) is 0 Å². The van der Waals surface area contributed by atoms with Crippen molar-refractivity contribution in [2.75, 3.05) is 33.7 Å². The van der Waals surface area contributed by atoms with Crippen molar-refractivity contribution >= 4 is 5.97 Å². The first-order chi connectivity index (χ1) is 6.95. The van der Waals surface area contributed by atoms with Crippen LogP contribution in [0.3, 0.4) is 0 Å². The molecule has 0 amide bonds. The minimum atomic E-state index is -0.704. The number of aliphatic carboxylic acids is 1. The molecule has 0 saturated heterocycles. The van der Waals surface area contributed by atoms with Gasteiger partial charge in [-0.2, -0.15) is 0 Å². The predicted molar refractivity (Wildman–Crippen MR) is 62.0 cm³/mol. The van der Waals surface area contributed by atoms with Crippen LogP contribution in [-0.2, 0) is 4.79 Å². The van der Waals surface area contributed by atoms with Gasteiger partial charge in [0.05, 0.1) is 5.92 Å². The van der Waals surface area contributed by atoms with Crippen LogP contribution in [0.15, 0.2) is 0 Å². The van der Waals surface area contributed by atoms with Gasteiger partial charge in [0.15, 0.2) is 0 Å². The van der Waals surface area contributed by atoms with E-state index in [0.29, 0.717) is 6.54 Å². The highest BCUT2D eigenvalue weighted by atomic mass is 16.4. The smallest absolute Gasteiger partial charge is 0.308 e. The average molecular weight is 216 g/mol. The minimum Gasteiger partial charge on any atom is -0.481 e. The Labute approximate surface area is 92.7 Å². The summed E-state index contributed by atoms with van der Waals surface area (Å²) < 4.78 is 0. The van der Waals surface area contributed by atoms with Crippen LogP contribution in [0.5, 0.6) is 0 Å². The maximum atomic E-state index is 10.9. The molecule has 0 spiro atoms. The third-order valence-corrected chi connectivity index (χ3v) is 2.45. The molecule has 0 aromatic carbocycles. The van der Waals surface area contributed by atoms with Gasteiger partial charge in [0.1, 0.15) is 0 Å². The first-order valence-corrected chi connectivity index (χ1v) is 5.53. The van der Waals surface area contributed by atoms with Gasteiger partial charge in [0.25, 0.3) is 0 Å². The molecule has 0 aromatic heterocycles. The zero-order valence-corrected chi connectivity index (χ0v) is 10.3. The van der Waals surface area contributed by atoms with E-state index in [1.807, 2.05) is 27.9 Å². The summed E-state index contributed by atoms with van der Waals surface area (Å²) >= 11 is 0. The maximum Gasteiger partial charge on any atom is 0.308 e. The molecule has 15 heavy (non-hydrogen) atoms. The summed E-state index contributed by atoms with van der Waals surface area (Å²) in [7, 11) is 4.07. The molecule has 1 atom stereocenters. The lowest BCUT2D eigenvalue weighted by Gasteiger charge is -2.17. The van der Waals surface area contributed by atoms with Gasteiger partial charge in [-0.15, -0.1) is 0 Å². The highest BCUT2D eigenvalue weighted by molar-refractivity contribution is 5.70. The fourth-order valence-corrected chi connectivity index (χ4v) is 1.39. The first-order valence-electron chi connectivity index (χ1n) is 5.53. The molecule has 2 N–H and O–H groups in total. The Kier molecular flexibility index (Phi) is 7.34. The van der Waals surface area contributed by atoms with Crippen LogP contribution in [0.2, 0.25) is 0 Å². The van der Waals surface area contributed by atoms with Gasteiger partial charge in [-0.25, -0.2) is 0 Å². The first kappa shape index (κ1) is 14.4. The summed E-state index contributed by atoms with van der Waals surface area (Å²) in [4.78, 5) is 13.0. The molecule has 0 bridgehead atoms. The average Bonchev–Trinajstić information content (AvgIpc) is 2.08. The number of nitrogens with zero attached hydrogens (tertiary/aromatic N) is 1. The molecule has 0 aromatic rings. The molecule has 0 radical (unpaired) electrons. The molecular formula is C11H24N2O2. The van der Waals surface area contributed by atoms with Crippen molar-refractivity contribution in [2.45, 2.75) is 20.3 Å². The highest BCUT2D eigenvalue weighted by Gasteiger charge is 2.20. The van der Waals surface area contributed by atoms with E-state index in [1.165, 1.54) is 0 Å². The summed E-state index contributed by atoms with van der Waals surface area (Å²) in [5.74, 6) is -0.793. The number of carbonyl (C=O) groups is 1. The van der Waals surface area contributed by atoms with Crippen molar-refractivity contribution in [1.29, 1.82) is 0 Å². The second-order valence-electron chi connectivity index (χ2n) is 4.55. The summed E-state index contributed by atoms with van der Waals surface area (Å²) in [6.07, 6.45) is 1.05. The van der Waals surface area contributed by atoms with Crippen molar-refractivity contribution < 1.29 is 9.90 Å². The Morgan fingerprint density at radius 1 is 1.40 bits per heavy atom. The molecule has 0 aliphatic carbocycles. The van der Waals surface area contributed by atoms with Gasteiger partial charge in [0.2, 0.25) is 0 Å². The van der Waals surface area contributed by atoms with Crippen LogP contribution in [0.25, 0.3) is 0 Å². The van der Waals surface area contributed by atoms with E-state index in [9.17, 15) is 4.79 Å². The topological polar surface area (TPSA) is 52.6 Å². The Bertz CT molecular complexity index is 181. The zero-order valence-electron chi connectivity index (χ0n) is 10.3. The minimum absolute atomic E-state index is 0.184. The fourth-order valence-electron chi connectivity index (χ4n) is 1.39. The largest absolute Gasteiger partial charge is 0.481 e. The van der Waals surface area contributed by atoms with E-state index in [2.05, 4.69) is 10.2 Å². The second-order valence-corrected chi connectivity index (χ2v) is 4.55. The van der Waals surface area contributed by atoms with E-state index in [1.54, 1.807) is 0 Å². The SMILES string of the molecule is CC(C)C(CNCCCN(C)C)C(=O)O. The van der Waals surface area contributed by atoms with Gasteiger partial charge in [-0.1, -0.05) is 13.8 Å². The molecule has 1 unspecified atom stereocenters. The monoisotopic (exact) mass is 216 g/mol. The molecule has 4 heteroatoms. The summed E-state index contributed by atoms with van der Waals surface area (Å²) in [5, 5.41) is 12.1. The van der Waals surface area contributed by atoms with Gasteiger partial charge in [0, 0.05) is 6.54 Å². The molecule has 0 heterocycles. The van der Waals surface area contributed by atoms with Crippen LogP contribution in [0, 0.1) is 11.8 Å². The number of carboxylic acids is 1. The molecule has 0 fully saturated rings. The van der Waals surface area contributed by atoms with Gasteiger partial charge in [-0.3, -0.25) is 4.79 Å². The van der Waals surface area contributed by atoms with Crippen molar-refractivity contribution in [3.63, 3.8) is 0 Å². The molecule has 4 nitrogen and oxygen atoms in total. The van der Waals surface area contributed by atoms with Crippen LogP contribution < -0.4 is 5.32 Å². The van der Waals surface area contributed by atoms with Crippen molar-refractivity contribution in [1.82, 2.24) is 10.2 Å². The third kappa shape index (κ3) is 7.33. The van der Waals surface area contributed by atoms with E-state index in [0.717, 1.165) is 19.5 Å². The summed E-state index contributed by atoms with van der Waals surface area (Å²) in [6, 6.07) is 0. The maximum absolute atomic E-state index is 10.9. The Balaban J connectivity index is 3.59. The molecular weight excluding hydrogens is 192 g/mol. The number of hydrogen-bond donors (Lipinski definition) is 2. The lowest BCUT2D eigenvalue weighted by Crippen LogP contribution is -2.33. The normalized spacial score (nSPS) is 13.5. The molecule has 90 valence electrons. The lowest BCUT2D eigenvalue weighted by atomic mass is 9.96. The molecule has 0 rings (SSSR count). The summed E-state index contributed by atoms with van der Waals surface area (Å²) in [5.41, 5.74) is 0. The fraction of sp³-hybridized carbons (Fsp3) is 0.909. The number of hydrogen-bond acceptors (Lipinski definition) is 3. The third-order valence-electron chi connectivity index (χ3n) is 2.45.